The molecule has 5 heteroatoms. The van der Waals surface area contributed by atoms with Crippen LogP contribution in [0.5, 0.6) is 5.75 Å². The number of aryl methyl sites for hydroxylation is 1. The number of esters is 1. The predicted octanol–water partition coefficient (Wildman–Crippen LogP) is 3.16. The van der Waals surface area contributed by atoms with Crippen molar-refractivity contribution in [1.82, 2.24) is 0 Å². The van der Waals surface area contributed by atoms with E-state index in [1.165, 1.54) is 11.3 Å². The minimum Gasteiger partial charge on any atom is -0.490 e. The van der Waals surface area contributed by atoms with Crippen molar-refractivity contribution in [3.05, 3.63) is 51.7 Å². The van der Waals surface area contributed by atoms with Crippen molar-refractivity contribution in [2.45, 2.75) is 6.92 Å². The zero-order chi connectivity index (χ0) is 14.4. The van der Waals surface area contributed by atoms with Crippen molar-refractivity contribution in [3.8, 4) is 11.8 Å². The number of ether oxygens (including phenoxy) is 2. The van der Waals surface area contributed by atoms with Gasteiger partial charge in [-0.05, 0) is 43.3 Å². The topological polar surface area (TPSA) is 59.3 Å². The standard InChI is InChI=1S/C15H13NO3S/c1-11-2-7-14(20-11)15(17)19-9-8-18-13-5-3-12(10-16)4-6-13/h2-7H,8-9H2,1H3. The third kappa shape index (κ3) is 3.84. The highest BCUT2D eigenvalue weighted by molar-refractivity contribution is 7.13. The average molecular weight is 287 g/mol. The molecule has 0 fully saturated rings. The van der Waals surface area contributed by atoms with Crippen LogP contribution in [0.4, 0.5) is 0 Å². The highest BCUT2D eigenvalue weighted by Crippen LogP contribution is 2.16. The maximum atomic E-state index is 11.6. The Hall–Kier alpha value is -2.32. The molecular weight excluding hydrogens is 274 g/mol. The van der Waals surface area contributed by atoms with E-state index in [0.29, 0.717) is 16.2 Å². The Balaban J connectivity index is 1.73. The van der Waals surface area contributed by atoms with Crippen molar-refractivity contribution in [3.63, 3.8) is 0 Å². The Morgan fingerprint density at radius 3 is 2.55 bits per heavy atom. The summed E-state index contributed by atoms with van der Waals surface area (Å²) in [5, 5.41) is 8.67. The molecule has 0 aliphatic heterocycles. The van der Waals surface area contributed by atoms with E-state index in [-0.39, 0.29) is 19.2 Å². The molecule has 0 saturated heterocycles. The first-order valence-electron chi connectivity index (χ1n) is 6.05. The van der Waals surface area contributed by atoms with Crippen LogP contribution in [-0.4, -0.2) is 19.2 Å². The summed E-state index contributed by atoms with van der Waals surface area (Å²) >= 11 is 1.41. The third-order valence-electron chi connectivity index (χ3n) is 2.51. The van der Waals surface area contributed by atoms with Gasteiger partial charge in [0, 0.05) is 4.88 Å². The molecule has 0 aliphatic rings. The van der Waals surface area contributed by atoms with E-state index >= 15 is 0 Å². The first kappa shape index (κ1) is 14.1. The highest BCUT2D eigenvalue weighted by atomic mass is 32.1. The quantitative estimate of drug-likeness (QED) is 0.626. The zero-order valence-corrected chi connectivity index (χ0v) is 11.8. The number of nitriles is 1. The highest BCUT2D eigenvalue weighted by Gasteiger charge is 2.09. The van der Waals surface area contributed by atoms with Crippen LogP contribution in [0, 0.1) is 18.3 Å². The van der Waals surface area contributed by atoms with Crippen LogP contribution in [0.3, 0.4) is 0 Å². The molecule has 1 aromatic heterocycles. The van der Waals surface area contributed by atoms with Gasteiger partial charge < -0.3 is 9.47 Å². The lowest BCUT2D eigenvalue weighted by molar-refractivity contribution is 0.0456. The molecule has 0 saturated carbocycles. The summed E-state index contributed by atoms with van der Waals surface area (Å²) in [5.74, 6) is 0.318. The number of benzene rings is 1. The first-order chi connectivity index (χ1) is 9.69. The van der Waals surface area contributed by atoms with E-state index < -0.39 is 0 Å². The van der Waals surface area contributed by atoms with Gasteiger partial charge in [0.05, 0.1) is 11.6 Å². The fourth-order valence-electron chi connectivity index (χ4n) is 1.53. The lowest BCUT2D eigenvalue weighted by Gasteiger charge is -2.06. The Labute approximate surface area is 121 Å². The molecule has 4 nitrogen and oxygen atoms in total. The minimum atomic E-state index is -0.327. The molecule has 0 unspecified atom stereocenters. The van der Waals surface area contributed by atoms with E-state index in [1.54, 1.807) is 30.3 Å². The molecule has 0 radical (unpaired) electrons. The SMILES string of the molecule is Cc1ccc(C(=O)OCCOc2ccc(C#N)cc2)s1. The van der Waals surface area contributed by atoms with Crippen LogP contribution in [-0.2, 0) is 4.74 Å². The van der Waals surface area contributed by atoms with E-state index in [0.717, 1.165) is 4.88 Å². The van der Waals surface area contributed by atoms with Crippen LogP contribution >= 0.6 is 11.3 Å². The van der Waals surface area contributed by atoms with Crippen molar-refractivity contribution in [2.24, 2.45) is 0 Å². The van der Waals surface area contributed by atoms with Gasteiger partial charge in [0.2, 0.25) is 0 Å². The fraction of sp³-hybridized carbons (Fsp3) is 0.200. The van der Waals surface area contributed by atoms with Gasteiger partial charge >= 0.3 is 5.97 Å². The largest absolute Gasteiger partial charge is 0.490 e. The first-order valence-corrected chi connectivity index (χ1v) is 6.87. The van der Waals surface area contributed by atoms with E-state index in [9.17, 15) is 4.79 Å². The van der Waals surface area contributed by atoms with Crippen LogP contribution in [0.15, 0.2) is 36.4 Å². The van der Waals surface area contributed by atoms with Gasteiger partial charge in [-0.1, -0.05) is 0 Å². The smallest absolute Gasteiger partial charge is 0.348 e. The minimum absolute atomic E-state index is 0.190. The van der Waals surface area contributed by atoms with Crippen LogP contribution < -0.4 is 4.74 Å². The predicted molar refractivity (Wildman–Crippen MR) is 76.0 cm³/mol. The Kier molecular flexibility index (Phi) is 4.75. The molecule has 102 valence electrons. The molecule has 1 heterocycles. The monoisotopic (exact) mass is 287 g/mol. The molecule has 0 atom stereocenters. The molecule has 2 rings (SSSR count). The third-order valence-corrected chi connectivity index (χ3v) is 3.49. The molecule has 0 bridgehead atoms. The summed E-state index contributed by atoms with van der Waals surface area (Å²) in [7, 11) is 0. The molecular formula is C15H13NO3S. The number of carbonyl (C=O) groups excluding carboxylic acids is 1. The zero-order valence-electron chi connectivity index (χ0n) is 11.0. The van der Waals surface area contributed by atoms with Gasteiger partial charge in [-0.3, -0.25) is 0 Å². The number of rotatable bonds is 5. The summed E-state index contributed by atoms with van der Waals surface area (Å²) in [6.07, 6.45) is 0. The number of carbonyl (C=O) groups is 1. The van der Waals surface area contributed by atoms with Gasteiger partial charge in [0.15, 0.2) is 0 Å². The van der Waals surface area contributed by atoms with E-state index in [1.807, 2.05) is 19.1 Å². The van der Waals surface area contributed by atoms with Gasteiger partial charge in [0.25, 0.3) is 0 Å². The second-order valence-electron chi connectivity index (χ2n) is 4.03. The summed E-state index contributed by atoms with van der Waals surface area (Å²) in [4.78, 5) is 13.3. The van der Waals surface area contributed by atoms with Gasteiger partial charge in [-0.25, -0.2) is 4.79 Å². The summed E-state index contributed by atoms with van der Waals surface area (Å²) in [6, 6.07) is 12.4. The molecule has 1 aromatic carbocycles. The summed E-state index contributed by atoms with van der Waals surface area (Å²) in [5.41, 5.74) is 0.580. The van der Waals surface area contributed by atoms with Crippen molar-refractivity contribution in [2.75, 3.05) is 13.2 Å². The Bertz CT molecular complexity index is 625. The lowest BCUT2D eigenvalue weighted by atomic mass is 10.2. The summed E-state index contributed by atoms with van der Waals surface area (Å²) in [6.45, 7) is 2.41. The van der Waals surface area contributed by atoms with Gasteiger partial charge in [-0.15, -0.1) is 11.3 Å². The van der Waals surface area contributed by atoms with Crippen molar-refractivity contribution < 1.29 is 14.3 Å². The summed E-state index contributed by atoms with van der Waals surface area (Å²) < 4.78 is 10.5. The maximum Gasteiger partial charge on any atom is 0.348 e. The molecule has 2 aromatic rings. The lowest BCUT2D eigenvalue weighted by Crippen LogP contribution is -2.11. The van der Waals surface area contributed by atoms with Gasteiger partial charge in [0.1, 0.15) is 23.8 Å². The maximum absolute atomic E-state index is 11.6. The van der Waals surface area contributed by atoms with E-state index in [2.05, 4.69) is 0 Å². The number of hydrogen-bond donors (Lipinski definition) is 0. The Morgan fingerprint density at radius 2 is 1.95 bits per heavy atom. The van der Waals surface area contributed by atoms with Crippen molar-refractivity contribution >= 4 is 17.3 Å². The molecule has 0 spiro atoms. The van der Waals surface area contributed by atoms with Crippen molar-refractivity contribution in [1.29, 1.82) is 5.26 Å². The fourth-order valence-corrected chi connectivity index (χ4v) is 2.30. The number of nitrogens with zero attached hydrogens (tertiary/aromatic N) is 1. The van der Waals surface area contributed by atoms with Crippen LogP contribution in [0.25, 0.3) is 0 Å². The second kappa shape index (κ2) is 6.73. The molecule has 0 amide bonds. The van der Waals surface area contributed by atoms with Crippen LogP contribution in [0.2, 0.25) is 0 Å². The average Bonchev–Trinajstić information content (AvgIpc) is 2.91. The second-order valence-corrected chi connectivity index (χ2v) is 5.32. The molecule has 0 N–H and O–H groups in total. The number of hydrogen-bond acceptors (Lipinski definition) is 5. The van der Waals surface area contributed by atoms with Gasteiger partial charge in [-0.2, -0.15) is 5.26 Å². The normalized spacial score (nSPS) is 9.80. The number of thiophene rings is 1. The Morgan fingerprint density at radius 1 is 1.20 bits per heavy atom. The van der Waals surface area contributed by atoms with E-state index in [4.69, 9.17) is 14.7 Å². The van der Waals surface area contributed by atoms with Crippen LogP contribution in [0.1, 0.15) is 20.1 Å². The molecule has 20 heavy (non-hydrogen) atoms. The molecule has 0 aliphatic carbocycles.